The van der Waals surface area contributed by atoms with Crippen molar-refractivity contribution in [3.05, 3.63) is 34.2 Å². The predicted octanol–water partition coefficient (Wildman–Crippen LogP) is 7.14. The third-order valence-electron chi connectivity index (χ3n) is 2.53. The van der Waals surface area contributed by atoms with Crippen LogP contribution in [0, 0.1) is 0 Å². The molecule has 1 aromatic carbocycles. The molecule has 0 spiro atoms. The van der Waals surface area contributed by atoms with Crippen molar-refractivity contribution in [2.24, 2.45) is 0 Å². The Morgan fingerprint density at radius 1 is 1.05 bits per heavy atom. The number of thiophene rings is 1. The van der Waals surface area contributed by atoms with Crippen LogP contribution < -0.4 is 0 Å². The monoisotopic (exact) mass is 366 g/mol. The van der Waals surface area contributed by atoms with Crippen molar-refractivity contribution in [1.29, 1.82) is 0 Å². The Hall–Kier alpha value is -0.955. The van der Waals surface area contributed by atoms with Gasteiger partial charge in [0.05, 0.1) is 10.5 Å². The molecule has 10 heteroatoms. The maximum Gasteiger partial charge on any atom is 0.673 e. The van der Waals surface area contributed by atoms with Gasteiger partial charge in [-0.15, -0.1) is 13.2 Å². The SMILES string of the molecule is CC(C)c1cc2ccc(Cl)cc2[s+]1C(F)(F)F.F[B-](F)(F)F. The highest BCUT2D eigenvalue weighted by atomic mass is 35.5. The van der Waals surface area contributed by atoms with Crippen molar-refractivity contribution in [1.82, 2.24) is 0 Å². The highest BCUT2D eigenvalue weighted by Crippen LogP contribution is 2.53. The lowest BCUT2D eigenvalue weighted by Crippen LogP contribution is -2.02. The average Bonchev–Trinajstić information content (AvgIpc) is 2.64. The zero-order chi connectivity index (χ0) is 17.3. The van der Waals surface area contributed by atoms with Gasteiger partial charge in [0.15, 0.2) is 9.58 Å². The van der Waals surface area contributed by atoms with Crippen LogP contribution in [-0.2, 0) is 5.51 Å². The van der Waals surface area contributed by atoms with E-state index in [9.17, 15) is 30.4 Å². The molecular formula is C12H11BClF7S. The Bertz CT molecular complexity index is 639. The Balaban J connectivity index is 0.000000422. The molecule has 22 heavy (non-hydrogen) atoms. The topological polar surface area (TPSA) is 0 Å². The molecule has 0 radical (unpaired) electrons. The minimum Gasteiger partial charge on any atom is -0.418 e. The van der Waals surface area contributed by atoms with E-state index in [0.717, 1.165) is 0 Å². The Morgan fingerprint density at radius 2 is 1.55 bits per heavy atom. The van der Waals surface area contributed by atoms with E-state index in [0.29, 0.717) is 20.0 Å². The zero-order valence-electron chi connectivity index (χ0n) is 11.4. The fourth-order valence-electron chi connectivity index (χ4n) is 1.80. The second kappa shape index (κ2) is 6.66. The van der Waals surface area contributed by atoms with Gasteiger partial charge in [-0.2, -0.15) is 0 Å². The molecule has 0 saturated carbocycles. The van der Waals surface area contributed by atoms with Crippen LogP contribution in [0.15, 0.2) is 24.3 Å². The van der Waals surface area contributed by atoms with E-state index in [-0.39, 0.29) is 5.92 Å². The highest BCUT2D eigenvalue weighted by Gasteiger charge is 2.48. The molecule has 0 fully saturated rings. The zero-order valence-corrected chi connectivity index (χ0v) is 13.0. The van der Waals surface area contributed by atoms with Gasteiger partial charge in [0, 0.05) is 28.5 Å². The summed E-state index contributed by atoms with van der Waals surface area (Å²) < 4.78 is 78.6. The molecule has 0 aliphatic rings. The maximum absolute atomic E-state index is 13.1. The molecular weight excluding hydrogens is 355 g/mol. The van der Waals surface area contributed by atoms with E-state index in [1.54, 1.807) is 32.0 Å². The van der Waals surface area contributed by atoms with Crippen LogP contribution in [0.5, 0.6) is 0 Å². The quantitative estimate of drug-likeness (QED) is 0.286. The summed E-state index contributed by atoms with van der Waals surface area (Å²) in [5.74, 6) is -0.119. The van der Waals surface area contributed by atoms with E-state index in [2.05, 4.69) is 0 Å². The molecule has 0 nitrogen and oxygen atoms in total. The van der Waals surface area contributed by atoms with Crippen molar-refractivity contribution < 1.29 is 30.4 Å². The van der Waals surface area contributed by atoms with E-state index in [1.807, 2.05) is 0 Å². The molecule has 0 aliphatic heterocycles. The van der Waals surface area contributed by atoms with Crippen LogP contribution in [0.25, 0.3) is 10.1 Å². The Labute approximate surface area is 130 Å². The summed E-state index contributed by atoms with van der Waals surface area (Å²) in [6, 6.07) is 6.35. The lowest BCUT2D eigenvalue weighted by Gasteiger charge is -2.02. The largest absolute Gasteiger partial charge is 0.673 e. The molecule has 0 aliphatic carbocycles. The van der Waals surface area contributed by atoms with Gasteiger partial charge >= 0.3 is 12.8 Å². The molecule has 1 aromatic heterocycles. The highest BCUT2D eigenvalue weighted by molar-refractivity contribution is 7.38. The summed E-state index contributed by atoms with van der Waals surface area (Å²) in [7, 11) is -7.82. The normalized spacial score (nSPS) is 13.3. The van der Waals surface area contributed by atoms with E-state index in [1.165, 1.54) is 6.07 Å². The molecule has 0 amide bonds. The maximum atomic E-state index is 13.1. The summed E-state index contributed by atoms with van der Waals surface area (Å²) >= 11 is 5.78. The number of alkyl halides is 3. The Morgan fingerprint density at radius 3 is 1.95 bits per heavy atom. The smallest absolute Gasteiger partial charge is 0.418 e. The van der Waals surface area contributed by atoms with E-state index in [4.69, 9.17) is 11.6 Å². The molecule has 0 saturated heterocycles. The van der Waals surface area contributed by atoms with Crippen LogP contribution >= 0.6 is 22.1 Å². The Kier molecular flexibility index (Phi) is 5.78. The first kappa shape index (κ1) is 19.1. The fourth-order valence-corrected chi connectivity index (χ4v) is 4.14. The van der Waals surface area contributed by atoms with Gasteiger partial charge in [-0.3, -0.25) is 0 Å². The molecule has 1 atom stereocenters. The number of fused-ring (bicyclic) bond motifs is 1. The van der Waals surface area contributed by atoms with Gasteiger partial charge in [0.25, 0.3) is 0 Å². The second-order valence-corrected chi connectivity index (χ2v) is 7.05. The van der Waals surface area contributed by atoms with Gasteiger partial charge in [-0.1, -0.05) is 25.4 Å². The third-order valence-corrected chi connectivity index (χ3v) is 5.08. The summed E-state index contributed by atoms with van der Waals surface area (Å²) in [5, 5.41) is 0.989. The van der Waals surface area contributed by atoms with Crippen LogP contribution in [-0.4, -0.2) is 7.25 Å². The average molecular weight is 367 g/mol. The number of rotatable bonds is 1. The van der Waals surface area contributed by atoms with Crippen LogP contribution in [0.2, 0.25) is 5.02 Å². The van der Waals surface area contributed by atoms with Crippen molar-refractivity contribution in [2.45, 2.75) is 25.3 Å². The molecule has 0 N–H and O–H groups in total. The summed E-state index contributed by atoms with van der Waals surface area (Å²) in [6.45, 7) is 3.57. The predicted molar refractivity (Wildman–Crippen MR) is 77.0 cm³/mol. The van der Waals surface area contributed by atoms with Crippen LogP contribution in [0.4, 0.5) is 30.4 Å². The lowest BCUT2D eigenvalue weighted by atomic mass is 10.1. The minimum absolute atomic E-state index is 0.119. The summed E-state index contributed by atoms with van der Waals surface area (Å²) in [6.07, 6.45) is 0. The van der Waals surface area contributed by atoms with Gasteiger partial charge < -0.3 is 17.3 Å². The molecule has 1 heterocycles. The van der Waals surface area contributed by atoms with E-state index < -0.39 is 23.2 Å². The number of benzene rings is 1. The van der Waals surface area contributed by atoms with Crippen molar-refractivity contribution in [3.8, 4) is 0 Å². The first-order valence-corrected chi connectivity index (χ1v) is 7.60. The fraction of sp³-hybridized carbons (Fsp3) is 0.333. The molecule has 2 aromatic rings. The summed E-state index contributed by atoms with van der Waals surface area (Å²) in [5.41, 5.74) is -4.23. The molecule has 0 bridgehead atoms. The van der Waals surface area contributed by atoms with Gasteiger partial charge in [0.1, 0.15) is 0 Å². The van der Waals surface area contributed by atoms with Gasteiger partial charge in [-0.05, 0) is 12.1 Å². The standard InChI is InChI=1S/C12H11ClF3S.BF4/c1-7(2)10-5-8-3-4-9(13)6-11(8)17(10)12(14,15)16;2-1(3,4)5/h3-7H,1-2H3;/q+1;-1. The first-order chi connectivity index (χ1) is 9.80. The lowest BCUT2D eigenvalue weighted by molar-refractivity contribution is -0.0868. The third kappa shape index (κ3) is 5.35. The minimum atomic E-state index is -6.00. The first-order valence-electron chi connectivity index (χ1n) is 6.00. The molecule has 1 unspecified atom stereocenters. The van der Waals surface area contributed by atoms with Crippen LogP contribution in [0.3, 0.4) is 0 Å². The van der Waals surface area contributed by atoms with Crippen LogP contribution in [0.1, 0.15) is 24.6 Å². The van der Waals surface area contributed by atoms with E-state index >= 15 is 0 Å². The molecule has 124 valence electrons. The summed E-state index contributed by atoms with van der Waals surface area (Å²) in [4.78, 5) is 0.440. The molecule has 2 rings (SSSR count). The van der Waals surface area contributed by atoms with Gasteiger partial charge in [-0.25, -0.2) is 0 Å². The van der Waals surface area contributed by atoms with Crippen molar-refractivity contribution in [2.75, 3.05) is 0 Å². The number of hydrogen-bond donors (Lipinski definition) is 0. The number of halogens is 8. The van der Waals surface area contributed by atoms with Gasteiger partial charge in [0.2, 0.25) is 0 Å². The van der Waals surface area contributed by atoms with Crippen molar-refractivity contribution >= 4 is 39.4 Å². The second-order valence-electron chi connectivity index (χ2n) is 4.63. The number of hydrogen-bond acceptors (Lipinski definition) is 0. The van der Waals surface area contributed by atoms with Crippen molar-refractivity contribution in [3.63, 3.8) is 0 Å².